The quantitative estimate of drug-likeness (QED) is 0.218. The second kappa shape index (κ2) is 13.9. The molecule has 0 aliphatic heterocycles. The van der Waals surface area contributed by atoms with Gasteiger partial charge in [-0.25, -0.2) is 4.79 Å². The van der Waals surface area contributed by atoms with Crippen LogP contribution in [-0.2, 0) is 11.3 Å². The number of esters is 1. The molecule has 3 rings (SSSR count). The van der Waals surface area contributed by atoms with E-state index in [2.05, 4.69) is 0 Å². The molecule has 0 bridgehead atoms. The van der Waals surface area contributed by atoms with Gasteiger partial charge in [0.2, 0.25) is 5.75 Å². The van der Waals surface area contributed by atoms with E-state index in [9.17, 15) is 9.59 Å². The van der Waals surface area contributed by atoms with Crippen molar-refractivity contribution >= 4 is 40.8 Å². The molecule has 0 unspecified atom stereocenters. The highest BCUT2D eigenvalue weighted by atomic mass is 35.5. The van der Waals surface area contributed by atoms with Crippen molar-refractivity contribution in [2.24, 2.45) is 0 Å². The Bertz CT molecular complexity index is 1220. The fourth-order valence-corrected chi connectivity index (χ4v) is 4.30. The highest BCUT2D eigenvalue weighted by Gasteiger charge is 2.25. The Hall–Kier alpha value is -3.42. The molecule has 0 aliphatic rings. The Morgan fingerprint density at radius 1 is 0.737 bits per heavy atom. The molecule has 0 aliphatic carbocycles. The molecule has 1 amide bonds. The van der Waals surface area contributed by atoms with Gasteiger partial charge in [0.15, 0.2) is 11.5 Å². The van der Waals surface area contributed by atoms with Crippen LogP contribution in [0.15, 0.2) is 54.6 Å². The van der Waals surface area contributed by atoms with Crippen LogP contribution < -0.4 is 19.1 Å². The summed E-state index contributed by atoms with van der Waals surface area (Å²) in [5, 5.41) is 0.852. The summed E-state index contributed by atoms with van der Waals surface area (Å²) in [4.78, 5) is 27.8. The fraction of sp³-hybridized carbons (Fsp3) is 0.310. The molecule has 7 nitrogen and oxygen atoms in total. The molecule has 0 aromatic heterocycles. The average molecular weight is 560 g/mol. The summed E-state index contributed by atoms with van der Waals surface area (Å²) in [6, 6.07) is 15.0. The van der Waals surface area contributed by atoms with Gasteiger partial charge in [-0.05, 0) is 76.2 Å². The van der Waals surface area contributed by atoms with Gasteiger partial charge in [0.05, 0.1) is 38.5 Å². The molecule has 0 atom stereocenters. The third kappa shape index (κ3) is 6.91. The predicted octanol–water partition coefficient (Wildman–Crippen LogP) is 7.21. The summed E-state index contributed by atoms with van der Waals surface area (Å²) in [6.07, 6.45) is 0. The Morgan fingerprint density at radius 3 is 1.79 bits per heavy atom. The molecular formula is C29H31Cl2NO6. The van der Waals surface area contributed by atoms with Crippen molar-refractivity contribution in [3.05, 3.63) is 81.3 Å². The molecule has 0 saturated heterocycles. The molecule has 3 aromatic rings. The molecule has 0 heterocycles. The Labute approximate surface area is 233 Å². The fourth-order valence-electron chi connectivity index (χ4n) is 3.78. The van der Waals surface area contributed by atoms with Crippen molar-refractivity contribution in [2.75, 3.05) is 31.3 Å². The first-order chi connectivity index (χ1) is 18.3. The lowest BCUT2D eigenvalue weighted by atomic mass is 10.1. The largest absolute Gasteiger partial charge is 0.490 e. The van der Waals surface area contributed by atoms with E-state index in [4.69, 9.17) is 42.1 Å². The summed E-state index contributed by atoms with van der Waals surface area (Å²) in [5.41, 5.74) is 1.80. The topological polar surface area (TPSA) is 74.3 Å². The lowest BCUT2D eigenvalue weighted by Crippen LogP contribution is -2.31. The van der Waals surface area contributed by atoms with Crippen molar-refractivity contribution in [1.29, 1.82) is 0 Å². The zero-order chi connectivity index (χ0) is 27.7. The SMILES string of the molecule is CCOC(=O)c1ccc(N(Cc2c(Cl)cccc2Cl)C(=O)c2cc(OCC)c(OCC)c(OCC)c2)cc1. The highest BCUT2D eigenvalue weighted by molar-refractivity contribution is 6.36. The number of hydrogen-bond acceptors (Lipinski definition) is 6. The van der Waals surface area contributed by atoms with E-state index in [-0.39, 0.29) is 19.1 Å². The normalized spacial score (nSPS) is 10.6. The first-order valence-corrected chi connectivity index (χ1v) is 13.2. The molecule has 9 heteroatoms. The number of anilines is 1. The molecule has 0 saturated carbocycles. The smallest absolute Gasteiger partial charge is 0.338 e. The summed E-state index contributed by atoms with van der Waals surface area (Å²) in [7, 11) is 0. The van der Waals surface area contributed by atoms with Crippen LogP contribution in [0.5, 0.6) is 17.2 Å². The number of hydrogen-bond donors (Lipinski definition) is 0. The summed E-state index contributed by atoms with van der Waals surface area (Å²) in [5.74, 6) is 0.441. The van der Waals surface area contributed by atoms with Gasteiger partial charge in [-0.2, -0.15) is 0 Å². The zero-order valence-electron chi connectivity index (χ0n) is 21.9. The Morgan fingerprint density at radius 2 is 1.29 bits per heavy atom. The van der Waals surface area contributed by atoms with Gasteiger partial charge in [0.25, 0.3) is 5.91 Å². The number of ether oxygens (including phenoxy) is 4. The van der Waals surface area contributed by atoms with E-state index < -0.39 is 5.97 Å². The standard InChI is InChI=1S/C29H31Cl2NO6/c1-5-35-25-16-20(17-26(36-6-2)27(25)37-7-3)28(33)32(18-22-23(30)10-9-11-24(22)31)21-14-12-19(13-15-21)29(34)38-8-4/h9-17H,5-8,18H2,1-4H3. The minimum absolute atomic E-state index is 0.0806. The maximum absolute atomic E-state index is 14.1. The van der Waals surface area contributed by atoms with E-state index in [0.29, 0.717) is 69.5 Å². The summed E-state index contributed by atoms with van der Waals surface area (Å²) >= 11 is 12.9. The van der Waals surface area contributed by atoms with Crippen LogP contribution in [0.25, 0.3) is 0 Å². The molecule has 0 radical (unpaired) electrons. The second-order valence-corrected chi connectivity index (χ2v) is 8.77. The van der Waals surface area contributed by atoms with E-state index in [1.54, 1.807) is 61.5 Å². The molecule has 202 valence electrons. The summed E-state index contributed by atoms with van der Waals surface area (Å²) in [6.45, 7) is 8.79. The number of carbonyl (C=O) groups is 2. The lowest BCUT2D eigenvalue weighted by molar-refractivity contribution is 0.0526. The van der Waals surface area contributed by atoms with E-state index in [0.717, 1.165) is 0 Å². The van der Waals surface area contributed by atoms with Crippen LogP contribution in [0, 0.1) is 0 Å². The van der Waals surface area contributed by atoms with Crippen molar-refractivity contribution in [3.63, 3.8) is 0 Å². The molecule has 0 fully saturated rings. The first kappa shape index (κ1) is 29.1. The van der Waals surface area contributed by atoms with Crippen LogP contribution in [0.4, 0.5) is 5.69 Å². The van der Waals surface area contributed by atoms with E-state index >= 15 is 0 Å². The van der Waals surface area contributed by atoms with Gasteiger partial charge in [0, 0.05) is 26.9 Å². The third-order valence-corrected chi connectivity index (χ3v) is 6.18. The van der Waals surface area contributed by atoms with Crippen molar-refractivity contribution in [1.82, 2.24) is 0 Å². The lowest BCUT2D eigenvalue weighted by Gasteiger charge is -2.25. The first-order valence-electron chi connectivity index (χ1n) is 12.4. The van der Waals surface area contributed by atoms with Gasteiger partial charge < -0.3 is 23.8 Å². The van der Waals surface area contributed by atoms with E-state index in [1.165, 1.54) is 4.90 Å². The monoisotopic (exact) mass is 559 g/mol. The number of rotatable bonds is 12. The van der Waals surface area contributed by atoms with Crippen LogP contribution >= 0.6 is 23.2 Å². The van der Waals surface area contributed by atoms with Gasteiger partial charge >= 0.3 is 5.97 Å². The van der Waals surface area contributed by atoms with Crippen molar-refractivity contribution in [3.8, 4) is 17.2 Å². The maximum Gasteiger partial charge on any atom is 0.338 e. The zero-order valence-corrected chi connectivity index (χ0v) is 23.4. The number of carbonyl (C=O) groups excluding carboxylic acids is 2. The van der Waals surface area contributed by atoms with Crippen molar-refractivity contribution < 1.29 is 28.5 Å². The van der Waals surface area contributed by atoms with Crippen LogP contribution in [0.1, 0.15) is 54.0 Å². The average Bonchev–Trinajstić information content (AvgIpc) is 2.90. The Kier molecular flexibility index (Phi) is 10.7. The minimum atomic E-state index is -0.444. The molecule has 38 heavy (non-hydrogen) atoms. The molecule has 3 aromatic carbocycles. The second-order valence-electron chi connectivity index (χ2n) is 7.96. The van der Waals surface area contributed by atoms with Gasteiger partial charge in [-0.3, -0.25) is 4.79 Å². The van der Waals surface area contributed by atoms with Gasteiger partial charge in [0.1, 0.15) is 0 Å². The van der Waals surface area contributed by atoms with Crippen LogP contribution in [0.2, 0.25) is 10.0 Å². The maximum atomic E-state index is 14.1. The number of halogens is 2. The molecule has 0 spiro atoms. The Balaban J connectivity index is 2.12. The molecule has 0 N–H and O–H groups in total. The summed E-state index contributed by atoms with van der Waals surface area (Å²) < 4.78 is 22.5. The van der Waals surface area contributed by atoms with Gasteiger partial charge in [-0.1, -0.05) is 29.3 Å². The minimum Gasteiger partial charge on any atom is -0.490 e. The van der Waals surface area contributed by atoms with Crippen LogP contribution in [0.3, 0.4) is 0 Å². The number of benzene rings is 3. The number of amides is 1. The van der Waals surface area contributed by atoms with Crippen LogP contribution in [-0.4, -0.2) is 38.3 Å². The number of nitrogens with zero attached hydrogens (tertiary/aromatic N) is 1. The van der Waals surface area contributed by atoms with E-state index in [1.807, 2.05) is 20.8 Å². The predicted molar refractivity (Wildman–Crippen MR) is 149 cm³/mol. The molecular weight excluding hydrogens is 529 g/mol. The van der Waals surface area contributed by atoms with Crippen molar-refractivity contribution in [2.45, 2.75) is 34.2 Å². The highest BCUT2D eigenvalue weighted by Crippen LogP contribution is 2.40. The van der Waals surface area contributed by atoms with Gasteiger partial charge in [-0.15, -0.1) is 0 Å². The third-order valence-electron chi connectivity index (χ3n) is 5.47.